The van der Waals surface area contributed by atoms with Gasteiger partial charge in [0.1, 0.15) is 5.78 Å². The van der Waals surface area contributed by atoms with E-state index in [2.05, 4.69) is 0 Å². The highest BCUT2D eigenvalue weighted by atomic mass is 16.6. The highest BCUT2D eigenvalue weighted by Gasteiger charge is 2.47. The second kappa shape index (κ2) is 3.33. The lowest BCUT2D eigenvalue weighted by Crippen LogP contribution is -2.28. The van der Waals surface area contributed by atoms with Crippen LogP contribution in [0.5, 0.6) is 0 Å². The van der Waals surface area contributed by atoms with Crippen molar-refractivity contribution in [1.82, 2.24) is 0 Å². The third kappa shape index (κ3) is 1.42. The van der Waals surface area contributed by atoms with Crippen LogP contribution >= 0.6 is 0 Å². The van der Waals surface area contributed by atoms with E-state index in [4.69, 9.17) is 0 Å². The third-order valence-corrected chi connectivity index (χ3v) is 3.76. The van der Waals surface area contributed by atoms with Crippen LogP contribution in [0.3, 0.4) is 0 Å². The third-order valence-electron chi connectivity index (χ3n) is 3.76. The summed E-state index contributed by atoms with van der Waals surface area (Å²) in [5.41, 5.74) is 0. The van der Waals surface area contributed by atoms with Crippen LogP contribution in [-0.2, 0) is 4.79 Å². The first-order valence-corrected chi connectivity index (χ1v) is 5.26. The van der Waals surface area contributed by atoms with Crippen molar-refractivity contribution in [3.05, 3.63) is 10.1 Å². The number of nitro groups is 1. The summed E-state index contributed by atoms with van der Waals surface area (Å²) in [7, 11) is 0. The molecule has 2 aliphatic carbocycles. The molecule has 2 rings (SSSR count). The van der Waals surface area contributed by atoms with Gasteiger partial charge in [-0.15, -0.1) is 0 Å². The lowest BCUT2D eigenvalue weighted by atomic mass is 9.83. The number of carbonyl (C=O) groups excluding carboxylic acids is 1. The standard InChI is InChI=1S/C10H15NO3/c1-6(11(13)14)4-9-7-2-3-8(5-7)10(9)12/h6-9H,2-5H2,1H3/t6?,7-,8+,9+/m0/s1. The Balaban J connectivity index is 1.99. The van der Waals surface area contributed by atoms with Crippen molar-refractivity contribution in [3.63, 3.8) is 0 Å². The first kappa shape index (κ1) is 9.62. The molecule has 14 heavy (non-hydrogen) atoms. The molecule has 0 radical (unpaired) electrons. The Morgan fingerprint density at radius 3 is 2.79 bits per heavy atom. The van der Waals surface area contributed by atoms with E-state index in [1.807, 2.05) is 0 Å². The van der Waals surface area contributed by atoms with Crippen LogP contribution in [0.4, 0.5) is 0 Å². The fourth-order valence-corrected chi connectivity index (χ4v) is 2.94. The average Bonchev–Trinajstić information content (AvgIpc) is 2.69. The molecule has 0 aromatic rings. The molecule has 2 saturated carbocycles. The molecular weight excluding hydrogens is 182 g/mol. The van der Waals surface area contributed by atoms with Crippen LogP contribution in [0.1, 0.15) is 32.6 Å². The molecule has 1 unspecified atom stereocenters. The van der Waals surface area contributed by atoms with Gasteiger partial charge in [-0.2, -0.15) is 0 Å². The van der Waals surface area contributed by atoms with Crippen molar-refractivity contribution in [3.8, 4) is 0 Å². The van der Waals surface area contributed by atoms with Gasteiger partial charge in [-0.05, 0) is 25.2 Å². The minimum absolute atomic E-state index is 0.00542. The largest absolute Gasteiger partial charge is 0.299 e. The highest BCUT2D eigenvalue weighted by molar-refractivity contribution is 5.86. The highest BCUT2D eigenvalue weighted by Crippen LogP contribution is 2.47. The van der Waals surface area contributed by atoms with Gasteiger partial charge in [0.25, 0.3) is 0 Å². The second-order valence-corrected chi connectivity index (χ2v) is 4.65. The zero-order chi connectivity index (χ0) is 10.3. The fourth-order valence-electron chi connectivity index (χ4n) is 2.94. The van der Waals surface area contributed by atoms with E-state index >= 15 is 0 Å². The molecule has 4 atom stereocenters. The smallest absolute Gasteiger partial charge is 0.211 e. The molecule has 0 aromatic carbocycles. The van der Waals surface area contributed by atoms with Gasteiger partial charge in [-0.1, -0.05) is 0 Å². The zero-order valence-corrected chi connectivity index (χ0v) is 8.31. The molecule has 0 saturated heterocycles. The van der Waals surface area contributed by atoms with E-state index in [0.717, 1.165) is 19.3 Å². The summed E-state index contributed by atoms with van der Waals surface area (Å²) in [6.07, 6.45) is 3.57. The maximum atomic E-state index is 11.7. The van der Waals surface area contributed by atoms with Crippen LogP contribution in [0, 0.1) is 27.9 Å². The topological polar surface area (TPSA) is 60.2 Å². The van der Waals surface area contributed by atoms with E-state index in [0.29, 0.717) is 18.1 Å². The SMILES string of the molecule is CC(C[C@H]1C(=O)[C@@H]2CC[C@H]1C2)[N+](=O)[O-]. The first-order chi connectivity index (χ1) is 6.59. The fraction of sp³-hybridized carbons (Fsp3) is 0.900. The summed E-state index contributed by atoms with van der Waals surface area (Å²) in [6, 6.07) is -0.566. The number of ketones is 1. The van der Waals surface area contributed by atoms with Gasteiger partial charge < -0.3 is 0 Å². The minimum Gasteiger partial charge on any atom is -0.299 e. The molecule has 0 N–H and O–H groups in total. The van der Waals surface area contributed by atoms with Gasteiger partial charge in [-0.25, -0.2) is 0 Å². The molecular formula is C10H15NO3. The van der Waals surface area contributed by atoms with Crippen LogP contribution < -0.4 is 0 Å². The van der Waals surface area contributed by atoms with E-state index in [-0.39, 0.29) is 16.8 Å². The Morgan fingerprint density at radius 1 is 1.57 bits per heavy atom. The Labute approximate surface area is 82.8 Å². The van der Waals surface area contributed by atoms with Crippen molar-refractivity contribution in [2.45, 2.75) is 38.6 Å². The normalized spacial score (nSPS) is 37.5. The Kier molecular flexibility index (Phi) is 2.29. The summed E-state index contributed by atoms with van der Waals surface area (Å²) in [6.45, 7) is 1.60. The van der Waals surface area contributed by atoms with Crippen LogP contribution in [0.2, 0.25) is 0 Å². The minimum atomic E-state index is -0.566. The summed E-state index contributed by atoms with van der Waals surface area (Å²) in [5.74, 6) is 0.989. The molecule has 4 nitrogen and oxygen atoms in total. The van der Waals surface area contributed by atoms with Gasteiger partial charge in [0, 0.05) is 30.1 Å². The predicted octanol–water partition coefficient (Wildman–Crippen LogP) is 1.66. The summed E-state index contributed by atoms with van der Waals surface area (Å²) >= 11 is 0. The van der Waals surface area contributed by atoms with E-state index in [9.17, 15) is 14.9 Å². The summed E-state index contributed by atoms with van der Waals surface area (Å²) in [5, 5.41) is 10.5. The second-order valence-electron chi connectivity index (χ2n) is 4.65. The quantitative estimate of drug-likeness (QED) is 0.510. The molecule has 2 bridgehead atoms. The van der Waals surface area contributed by atoms with Crippen molar-refractivity contribution >= 4 is 5.78 Å². The van der Waals surface area contributed by atoms with Crippen LogP contribution in [0.25, 0.3) is 0 Å². The number of carbonyl (C=O) groups is 1. The molecule has 0 spiro atoms. The number of Topliss-reactive ketones (excluding diaryl/α,β-unsaturated/α-hetero) is 1. The van der Waals surface area contributed by atoms with Crippen molar-refractivity contribution in [1.29, 1.82) is 0 Å². The Hall–Kier alpha value is -0.930. The van der Waals surface area contributed by atoms with Gasteiger partial charge >= 0.3 is 0 Å². The van der Waals surface area contributed by atoms with E-state index in [1.165, 1.54) is 0 Å². The van der Waals surface area contributed by atoms with Gasteiger partial charge in [0.15, 0.2) is 0 Å². The lowest BCUT2D eigenvalue weighted by Gasteiger charge is -2.20. The summed E-state index contributed by atoms with van der Waals surface area (Å²) in [4.78, 5) is 21.9. The molecule has 4 heteroatoms. The number of hydrogen-bond acceptors (Lipinski definition) is 3. The number of hydrogen-bond donors (Lipinski definition) is 0. The molecule has 2 fully saturated rings. The average molecular weight is 197 g/mol. The zero-order valence-electron chi connectivity index (χ0n) is 8.31. The number of nitrogens with zero attached hydrogens (tertiary/aromatic N) is 1. The molecule has 0 aromatic heterocycles. The van der Waals surface area contributed by atoms with Crippen molar-refractivity contribution < 1.29 is 9.72 Å². The lowest BCUT2D eigenvalue weighted by molar-refractivity contribution is -0.520. The van der Waals surface area contributed by atoms with Crippen LogP contribution in [0.15, 0.2) is 0 Å². The van der Waals surface area contributed by atoms with Gasteiger partial charge in [0.2, 0.25) is 6.04 Å². The molecule has 0 heterocycles. The maximum Gasteiger partial charge on any atom is 0.211 e. The van der Waals surface area contributed by atoms with E-state index in [1.54, 1.807) is 6.92 Å². The molecule has 2 aliphatic rings. The Morgan fingerprint density at radius 2 is 2.29 bits per heavy atom. The monoisotopic (exact) mass is 197 g/mol. The maximum absolute atomic E-state index is 11.7. The number of fused-ring (bicyclic) bond motifs is 2. The molecule has 78 valence electrons. The number of rotatable bonds is 3. The summed E-state index contributed by atoms with van der Waals surface area (Å²) < 4.78 is 0. The van der Waals surface area contributed by atoms with Gasteiger partial charge in [0.05, 0.1) is 0 Å². The van der Waals surface area contributed by atoms with Crippen LogP contribution in [-0.4, -0.2) is 16.7 Å². The Bertz CT molecular complexity index is 277. The van der Waals surface area contributed by atoms with Crippen molar-refractivity contribution in [2.24, 2.45) is 17.8 Å². The van der Waals surface area contributed by atoms with Crippen molar-refractivity contribution in [2.75, 3.05) is 0 Å². The molecule has 0 aliphatic heterocycles. The van der Waals surface area contributed by atoms with Gasteiger partial charge in [-0.3, -0.25) is 14.9 Å². The molecule has 0 amide bonds. The first-order valence-electron chi connectivity index (χ1n) is 5.26. The van der Waals surface area contributed by atoms with E-state index < -0.39 is 6.04 Å². The predicted molar refractivity (Wildman–Crippen MR) is 50.4 cm³/mol.